The third-order valence-corrected chi connectivity index (χ3v) is 3.22. The van der Waals surface area contributed by atoms with Crippen molar-refractivity contribution < 1.29 is 4.79 Å². The Morgan fingerprint density at radius 3 is 2.64 bits per heavy atom. The van der Waals surface area contributed by atoms with Gasteiger partial charge < -0.3 is 4.90 Å². The second kappa shape index (κ2) is 5.80. The summed E-state index contributed by atoms with van der Waals surface area (Å²) < 4.78 is 1.71. The summed E-state index contributed by atoms with van der Waals surface area (Å²) in [6.45, 7) is 0.477. The van der Waals surface area contributed by atoms with Crippen molar-refractivity contribution >= 4 is 5.91 Å². The van der Waals surface area contributed by atoms with Crippen molar-refractivity contribution in [3.63, 3.8) is 0 Å². The standard InChI is InChI=1S/C15H16N6O/c1-19(10-12-8-16-20(2)11-12)15(22)14-9-17-21(18-14)13-6-4-3-5-7-13/h3-9,11H,10H2,1-2H3. The highest BCUT2D eigenvalue weighted by molar-refractivity contribution is 5.91. The van der Waals surface area contributed by atoms with Crippen molar-refractivity contribution in [3.05, 3.63) is 60.2 Å². The molecule has 112 valence electrons. The highest BCUT2D eigenvalue weighted by atomic mass is 16.2. The molecule has 0 atom stereocenters. The van der Waals surface area contributed by atoms with Crippen LogP contribution in [0.25, 0.3) is 5.69 Å². The molecule has 0 aliphatic carbocycles. The molecule has 0 saturated heterocycles. The Morgan fingerprint density at radius 2 is 1.95 bits per heavy atom. The van der Waals surface area contributed by atoms with E-state index in [0.29, 0.717) is 12.2 Å². The molecule has 0 fully saturated rings. The van der Waals surface area contributed by atoms with Crippen LogP contribution in [-0.2, 0) is 13.6 Å². The number of rotatable bonds is 4. The van der Waals surface area contributed by atoms with E-state index in [-0.39, 0.29) is 5.91 Å². The molecule has 0 radical (unpaired) electrons. The van der Waals surface area contributed by atoms with Gasteiger partial charge in [-0.05, 0) is 12.1 Å². The molecule has 3 aromatic rings. The summed E-state index contributed by atoms with van der Waals surface area (Å²) in [7, 11) is 3.58. The fourth-order valence-corrected chi connectivity index (χ4v) is 2.14. The van der Waals surface area contributed by atoms with E-state index in [9.17, 15) is 4.79 Å². The number of nitrogens with zero attached hydrogens (tertiary/aromatic N) is 6. The topological polar surface area (TPSA) is 68.8 Å². The molecule has 3 rings (SSSR count). The normalized spacial score (nSPS) is 10.6. The van der Waals surface area contributed by atoms with Gasteiger partial charge in [0.2, 0.25) is 0 Å². The van der Waals surface area contributed by atoms with Gasteiger partial charge in [0.1, 0.15) is 0 Å². The molecular weight excluding hydrogens is 280 g/mol. The van der Waals surface area contributed by atoms with Gasteiger partial charge in [0.25, 0.3) is 5.91 Å². The van der Waals surface area contributed by atoms with Gasteiger partial charge in [-0.1, -0.05) is 18.2 Å². The number of hydrogen-bond donors (Lipinski definition) is 0. The van der Waals surface area contributed by atoms with Crippen molar-refractivity contribution in [2.45, 2.75) is 6.54 Å². The maximum atomic E-state index is 12.4. The van der Waals surface area contributed by atoms with Crippen molar-refractivity contribution in [2.24, 2.45) is 7.05 Å². The lowest BCUT2D eigenvalue weighted by molar-refractivity contribution is 0.0779. The average molecular weight is 296 g/mol. The van der Waals surface area contributed by atoms with Gasteiger partial charge in [0.15, 0.2) is 5.69 Å². The number of para-hydroxylation sites is 1. The van der Waals surface area contributed by atoms with E-state index < -0.39 is 0 Å². The van der Waals surface area contributed by atoms with Gasteiger partial charge in [0, 0.05) is 32.4 Å². The van der Waals surface area contributed by atoms with E-state index in [1.165, 1.54) is 11.0 Å². The fourth-order valence-electron chi connectivity index (χ4n) is 2.14. The number of benzene rings is 1. The maximum absolute atomic E-state index is 12.4. The number of hydrogen-bond acceptors (Lipinski definition) is 4. The van der Waals surface area contributed by atoms with E-state index in [0.717, 1.165) is 11.3 Å². The van der Waals surface area contributed by atoms with Crippen LogP contribution in [0.3, 0.4) is 0 Å². The van der Waals surface area contributed by atoms with E-state index in [1.54, 1.807) is 22.8 Å². The third-order valence-electron chi connectivity index (χ3n) is 3.22. The fraction of sp³-hybridized carbons (Fsp3) is 0.200. The zero-order valence-corrected chi connectivity index (χ0v) is 12.4. The van der Waals surface area contributed by atoms with Crippen molar-refractivity contribution in [1.29, 1.82) is 0 Å². The number of carbonyl (C=O) groups excluding carboxylic acids is 1. The average Bonchev–Trinajstić information content (AvgIpc) is 3.17. The van der Waals surface area contributed by atoms with Crippen LogP contribution in [-0.4, -0.2) is 42.6 Å². The van der Waals surface area contributed by atoms with E-state index >= 15 is 0 Å². The summed E-state index contributed by atoms with van der Waals surface area (Å²) >= 11 is 0. The smallest absolute Gasteiger partial charge is 0.276 e. The first-order valence-electron chi connectivity index (χ1n) is 6.84. The first kappa shape index (κ1) is 14.0. The van der Waals surface area contributed by atoms with Gasteiger partial charge in [0.05, 0.1) is 18.1 Å². The molecular formula is C15H16N6O. The molecule has 0 saturated carbocycles. The SMILES string of the molecule is CN(Cc1cnn(C)c1)C(=O)c1cnn(-c2ccccc2)n1. The first-order chi connectivity index (χ1) is 10.6. The summed E-state index contributed by atoms with van der Waals surface area (Å²) in [5.41, 5.74) is 2.10. The first-order valence-corrected chi connectivity index (χ1v) is 6.84. The molecule has 2 heterocycles. The summed E-state index contributed by atoms with van der Waals surface area (Å²) in [6.07, 6.45) is 5.10. The predicted octanol–water partition coefficient (Wildman–Crippen LogP) is 1.27. The Balaban J connectivity index is 1.74. The Morgan fingerprint density at radius 1 is 1.18 bits per heavy atom. The Kier molecular flexibility index (Phi) is 3.69. The maximum Gasteiger partial charge on any atom is 0.276 e. The quantitative estimate of drug-likeness (QED) is 0.727. The molecule has 7 heteroatoms. The monoisotopic (exact) mass is 296 g/mol. The molecule has 0 N–H and O–H groups in total. The number of amides is 1. The van der Waals surface area contributed by atoms with Gasteiger partial charge in [-0.3, -0.25) is 9.48 Å². The molecule has 0 spiro atoms. The second-order valence-electron chi connectivity index (χ2n) is 5.04. The van der Waals surface area contributed by atoms with Crippen LogP contribution in [0.2, 0.25) is 0 Å². The van der Waals surface area contributed by atoms with Crippen LogP contribution in [0.1, 0.15) is 16.1 Å². The molecule has 0 aliphatic heterocycles. The number of carbonyl (C=O) groups is 1. The minimum atomic E-state index is -0.175. The minimum absolute atomic E-state index is 0.175. The van der Waals surface area contributed by atoms with Crippen LogP contribution in [0.5, 0.6) is 0 Å². The molecule has 1 amide bonds. The van der Waals surface area contributed by atoms with Crippen molar-refractivity contribution in [1.82, 2.24) is 29.7 Å². The summed E-state index contributed by atoms with van der Waals surface area (Å²) in [5, 5.41) is 12.5. The Hall–Kier alpha value is -2.96. The summed E-state index contributed by atoms with van der Waals surface area (Å²) in [5.74, 6) is -0.175. The zero-order valence-electron chi connectivity index (χ0n) is 12.4. The number of aryl methyl sites for hydroxylation is 1. The zero-order chi connectivity index (χ0) is 15.5. The molecule has 2 aromatic heterocycles. The van der Waals surface area contributed by atoms with Crippen LogP contribution in [0.15, 0.2) is 48.9 Å². The number of aromatic nitrogens is 5. The van der Waals surface area contributed by atoms with Gasteiger partial charge >= 0.3 is 0 Å². The van der Waals surface area contributed by atoms with Gasteiger partial charge in [-0.25, -0.2) is 0 Å². The van der Waals surface area contributed by atoms with Crippen molar-refractivity contribution in [2.75, 3.05) is 7.05 Å². The molecule has 0 unspecified atom stereocenters. The van der Waals surface area contributed by atoms with E-state index in [2.05, 4.69) is 15.3 Å². The van der Waals surface area contributed by atoms with Crippen LogP contribution in [0, 0.1) is 0 Å². The molecule has 0 aliphatic rings. The van der Waals surface area contributed by atoms with E-state index in [4.69, 9.17) is 0 Å². The van der Waals surface area contributed by atoms with Gasteiger partial charge in [-0.15, -0.1) is 5.10 Å². The Labute approximate surface area is 127 Å². The van der Waals surface area contributed by atoms with Crippen LogP contribution in [0.4, 0.5) is 0 Å². The minimum Gasteiger partial charge on any atom is -0.336 e. The van der Waals surface area contributed by atoms with Crippen LogP contribution >= 0.6 is 0 Å². The second-order valence-corrected chi connectivity index (χ2v) is 5.04. The highest BCUT2D eigenvalue weighted by Gasteiger charge is 2.16. The lowest BCUT2D eigenvalue weighted by Gasteiger charge is -2.14. The largest absolute Gasteiger partial charge is 0.336 e. The molecule has 1 aromatic carbocycles. The molecule has 7 nitrogen and oxygen atoms in total. The van der Waals surface area contributed by atoms with Crippen LogP contribution < -0.4 is 0 Å². The third kappa shape index (κ3) is 2.88. The summed E-state index contributed by atoms with van der Waals surface area (Å²) in [4.78, 5) is 15.4. The van der Waals surface area contributed by atoms with Gasteiger partial charge in [-0.2, -0.15) is 15.0 Å². The molecule has 22 heavy (non-hydrogen) atoms. The lowest BCUT2D eigenvalue weighted by atomic mass is 10.3. The van der Waals surface area contributed by atoms with E-state index in [1.807, 2.05) is 43.6 Å². The predicted molar refractivity (Wildman–Crippen MR) is 80.4 cm³/mol. The molecule has 0 bridgehead atoms. The lowest BCUT2D eigenvalue weighted by Crippen LogP contribution is -2.26. The Bertz CT molecular complexity index is 776. The van der Waals surface area contributed by atoms with Crippen molar-refractivity contribution in [3.8, 4) is 5.69 Å². The highest BCUT2D eigenvalue weighted by Crippen LogP contribution is 2.08. The summed E-state index contributed by atoms with van der Waals surface area (Å²) in [6, 6.07) is 9.48.